The molecule has 0 aliphatic heterocycles. The Morgan fingerprint density at radius 3 is 1.03 bits per heavy atom. The van der Waals surface area contributed by atoms with Gasteiger partial charge in [0.1, 0.15) is 17.4 Å². The van der Waals surface area contributed by atoms with Crippen LogP contribution in [0, 0.1) is 28.7 Å². The van der Waals surface area contributed by atoms with Crippen LogP contribution in [0.15, 0.2) is 199 Å². The molecule has 34 nitrogen and oxygen atoms in total. The van der Waals surface area contributed by atoms with Gasteiger partial charge in [-0.3, -0.25) is 102 Å². The van der Waals surface area contributed by atoms with E-state index in [1.54, 1.807) is 108 Å². The molecule has 0 saturated carbocycles. The van der Waals surface area contributed by atoms with Crippen LogP contribution in [0.2, 0.25) is 5.02 Å². The van der Waals surface area contributed by atoms with E-state index in [4.69, 9.17) is 28.4 Å². The average molecular weight is 1730 g/mol. The monoisotopic (exact) mass is 1730 g/mol. The molecule has 8 aromatic carbocycles. The summed E-state index contributed by atoms with van der Waals surface area (Å²) >= 11 is 8.99. The van der Waals surface area contributed by atoms with Crippen molar-refractivity contribution in [3.63, 3.8) is 0 Å². The summed E-state index contributed by atoms with van der Waals surface area (Å²) in [4.78, 5) is 192. The van der Waals surface area contributed by atoms with Crippen LogP contribution in [-0.4, -0.2) is 110 Å². The number of carbonyl (C=O) groups is 17. The Kier molecular flexibility index (Phi) is 50.0. The number of hydrazine groups is 2. The number of Topliss-reactive ketones (excluding diaryl/α,β-unsaturated/α-hetero) is 6. The molecule has 0 atom stereocenters. The number of aliphatic hydroxyl groups is 1. The normalized spacial score (nSPS) is 9.53. The van der Waals surface area contributed by atoms with Gasteiger partial charge in [0.05, 0.1) is 11.5 Å². The van der Waals surface area contributed by atoms with Crippen LogP contribution in [0.4, 0.5) is 14.5 Å². The molecule has 0 saturated heterocycles. The predicted molar refractivity (Wildman–Crippen MR) is 432 cm³/mol. The van der Waals surface area contributed by atoms with Gasteiger partial charge in [0.2, 0.25) is 34.7 Å². The quantitative estimate of drug-likeness (QED) is 0.00858. The van der Waals surface area contributed by atoms with E-state index in [0.717, 1.165) is 44.8 Å². The molecular formula is C81H87BrClF2N13O21. The van der Waals surface area contributed by atoms with Crippen LogP contribution in [0.5, 0.6) is 5.75 Å². The van der Waals surface area contributed by atoms with Gasteiger partial charge in [-0.25, -0.2) is 20.5 Å². The minimum atomic E-state index is -0.939. The van der Waals surface area contributed by atoms with Gasteiger partial charge >= 0.3 is 23.6 Å². The summed E-state index contributed by atoms with van der Waals surface area (Å²) in [6.45, 7) is 11.5. The Bertz CT molecular complexity index is 4610. The number of nitro benzene ring substituents is 1. The lowest BCUT2D eigenvalue weighted by atomic mass is 10.1. The maximum Gasteiger partial charge on any atom is 0.323 e. The van der Waals surface area contributed by atoms with E-state index in [1.165, 1.54) is 88.7 Å². The fourth-order valence-electron chi connectivity index (χ4n) is 7.93. The zero-order valence-corrected chi connectivity index (χ0v) is 67.5. The van der Waals surface area contributed by atoms with Crippen molar-refractivity contribution in [2.45, 2.75) is 107 Å². The molecule has 0 bridgehead atoms. The number of amides is 10. The number of nitro groups is 1. The van der Waals surface area contributed by atoms with Crippen molar-refractivity contribution in [2.75, 3.05) is 0 Å². The van der Waals surface area contributed by atoms with Gasteiger partial charge in [0.25, 0.3) is 47.6 Å². The summed E-state index contributed by atoms with van der Waals surface area (Å²) < 4.78 is 31.3. The predicted octanol–water partition coefficient (Wildman–Crippen LogP) is 4.87. The van der Waals surface area contributed by atoms with E-state index in [0.29, 0.717) is 60.1 Å². The molecule has 0 aromatic heterocycles. The lowest BCUT2D eigenvalue weighted by Gasteiger charge is -2.04. The van der Waals surface area contributed by atoms with Crippen molar-refractivity contribution < 1.29 is 105 Å². The van der Waals surface area contributed by atoms with Crippen molar-refractivity contribution in [3.8, 4) is 5.75 Å². The van der Waals surface area contributed by atoms with Crippen molar-refractivity contribution in [3.05, 3.63) is 281 Å². The first-order valence-corrected chi connectivity index (χ1v) is 35.9. The van der Waals surface area contributed by atoms with Crippen molar-refractivity contribution in [1.29, 1.82) is 0 Å². The van der Waals surface area contributed by atoms with E-state index >= 15 is 0 Å². The first-order chi connectivity index (χ1) is 56.3. The molecule has 10 amide bonds. The number of ketones is 6. The molecule has 0 heterocycles. The number of aryl methyl sites for hydroxylation is 1. The van der Waals surface area contributed by atoms with Crippen LogP contribution in [0.3, 0.4) is 0 Å². The highest BCUT2D eigenvalue weighted by molar-refractivity contribution is 9.10. The topological polar surface area (TPSA) is 535 Å². The molecule has 119 heavy (non-hydrogen) atoms. The second-order valence-corrected chi connectivity index (χ2v) is 25.3. The van der Waals surface area contributed by atoms with E-state index in [1.807, 2.05) is 55.5 Å². The molecule has 0 aliphatic rings. The summed E-state index contributed by atoms with van der Waals surface area (Å²) in [6.07, 6.45) is 0. The van der Waals surface area contributed by atoms with Gasteiger partial charge in [0, 0.05) is 121 Å². The molecule has 0 spiro atoms. The second kappa shape index (κ2) is 57.8. The largest absolute Gasteiger partial charge is 0.429 e. The number of benzene rings is 8. The number of rotatable bonds is 26. The Morgan fingerprint density at radius 1 is 0.403 bits per heavy atom. The molecule has 0 unspecified atom stereocenters. The third-order valence-corrected chi connectivity index (χ3v) is 15.2. The van der Waals surface area contributed by atoms with Crippen LogP contribution in [0.1, 0.15) is 97.2 Å². The number of nitrogens with zero attached hydrogens (tertiary/aromatic N) is 1. The standard InChI is InChI=1S/C11H13NO3.C11H13NO2.C10H10BrNO2.C10H10ClNO2.C10H10FNO2.C10H11N3O4.C10H10N2O4.C9H10FN3O2/c1-8(14)11(15)12-6-9-2-4-10(7-13)5-3-9;1-8-3-5-10(6-4-8)7-12-11(14)9(2)13;2*1-7(13)10(14)12-6-8-2-4-9(11)5-3-8;1-7(13)10(14)12-6-8-4-2-3-5-9(8)11;11-13-10(16)9(15)12-5-7-1-3-8(4-2-7)17-6-14;1-7(13)10(14)11-6-8-2-4-9(5-3-8)12(15)16;10-7-3-1-2-6(4-7)5-12-8(14)9(15)13-11/h2-5,13H,6-7H2,1H3,(H,12,15);3-6H,7H2,1-2H3,(H,12,14);3*2-5H,6H2,1H3,(H,12,14);1-4,6H,5,11H2,(H,12,15)(H,13,16);2-5H,6H2,1H3,(H,11,14);1-4H,5,11H2,(H,12,14)(H,13,15). The summed E-state index contributed by atoms with van der Waals surface area (Å²) in [5, 5.41) is 39.2. The Balaban J connectivity index is 0.000000681. The molecule has 0 aliphatic carbocycles. The summed E-state index contributed by atoms with van der Waals surface area (Å²) in [6, 6.07) is 53.5. The first kappa shape index (κ1) is 103. The van der Waals surface area contributed by atoms with Crippen LogP contribution in [-0.2, 0) is 140 Å². The van der Waals surface area contributed by atoms with E-state index in [9.17, 15) is 100 Å². The highest BCUT2D eigenvalue weighted by atomic mass is 79.9. The van der Waals surface area contributed by atoms with Gasteiger partial charge in [-0.15, -0.1) is 0 Å². The highest BCUT2D eigenvalue weighted by Gasteiger charge is 2.15. The number of carbonyl (C=O) groups excluding carboxylic acids is 17. The number of nitrogens with one attached hydrogen (secondary N) is 10. The van der Waals surface area contributed by atoms with Crippen molar-refractivity contribution in [1.82, 2.24) is 53.4 Å². The van der Waals surface area contributed by atoms with E-state index in [-0.39, 0.29) is 38.5 Å². The number of aliphatic hydroxyl groups excluding tert-OH is 1. The van der Waals surface area contributed by atoms with E-state index in [2.05, 4.69) is 63.2 Å². The van der Waals surface area contributed by atoms with Gasteiger partial charge in [-0.2, -0.15) is 0 Å². The number of hydrogen-bond acceptors (Lipinski definition) is 23. The third-order valence-electron chi connectivity index (χ3n) is 14.5. The molecule has 15 N–H and O–H groups in total. The molecule has 0 radical (unpaired) electrons. The lowest BCUT2D eigenvalue weighted by Crippen LogP contribution is -2.42. The van der Waals surface area contributed by atoms with Crippen LogP contribution < -0.4 is 69.8 Å². The maximum absolute atomic E-state index is 13.0. The van der Waals surface area contributed by atoms with Crippen molar-refractivity contribution >= 4 is 133 Å². The Labute approximate surface area is 694 Å². The molecule has 38 heteroatoms. The SMILES string of the molecule is CC(=O)C(=O)NCc1ccc(Br)cc1.CC(=O)C(=O)NCc1ccc(C)cc1.CC(=O)C(=O)NCc1ccc(CO)cc1.CC(=O)C(=O)NCc1ccc(Cl)cc1.CC(=O)C(=O)NCc1ccc([N+](=O)[O-])cc1.CC(=O)C(=O)NCc1ccccc1F.NNC(=O)C(=O)NCc1ccc(OC=O)cc1.NNC(=O)C(=O)NCc1cccc(F)c1. The van der Waals surface area contributed by atoms with Gasteiger partial charge in [0.15, 0.2) is 0 Å². The molecule has 0 fully saturated rings. The maximum atomic E-state index is 13.0. The fourth-order valence-corrected chi connectivity index (χ4v) is 8.32. The number of ether oxygens (including phenoxy) is 1. The zero-order chi connectivity index (χ0) is 89.5. The van der Waals surface area contributed by atoms with Crippen LogP contribution >= 0.6 is 27.5 Å². The second-order valence-electron chi connectivity index (χ2n) is 24.0. The molecule has 8 rings (SSSR count). The fraction of sp³-hybridized carbons (Fsp3) is 0.198. The van der Waals surface area contributed by atoms with Gasteiger partial charge < -0.3 is 52.4 Å². The summed E-state index contributed by atoms with van der Waals surface area (Å²) in [7, 11) is 0. The minimum Gasteiger partial charge on any atom is -0.429 e. The molecule has 8 aromatic rings. The number of nitrogens with two attached hydrogens (primary N) is 2. The first-order valence-electron chi connectivity index (χ1n) is 34.8. The highest BCUT2D eigenvalue weighted by Crippen LogP contribution is 2.15. The number of non-ortho nitro benzene ring substituents is 1. The molecule has 630 valence electrons. The minimum absolute atomic E-state index is 0.0000844. The van der Waals surface area contributed by atoms with Gasteiger partial charge in [-0.05, 0) is 106 Å². The average Bonchev–Trinajstić information content (AvgIpc) is 0.899. The Morgan fingerprint density at radius 2 is 0.706 bits per heavy atom. The van der Waals surface area contributed by atoms with Gasteiger partial charge in [-0.1, -0.05) is 160 Å². The summed E-state index contributed by atoms with van der Waals surface area (Å²) in [5.74, 6) is -1.06. The molecular weight excluding hydrogens is 1640 g/mol. The Hall–Kier alpha value is -14.1. The van der Waals surface area contributed by atoms with Crippen LogP contribution in [0.25, 0.3) is 0 Å². The number of hydrogen-bond donors (Lipinski definition) is 13. The zero-order valence-electron chi connectivity index (χ0n) is 65.1. The van der Waals surface area contributed by atoms with E-state index < -0.39 is 110 Å². The smallest absolute Gasteiger partial charge is 0.323 e. The van der Waals surface area contributed by atoms with Crippen molar-refractivity contribution in [2.24, 2.45) is 11.7 Å². The number of halogens is 4. The third kappa shape index (κ3) is 46.7. The summed E-state index contributed by atoms with van der Waals surface area (Å²) in [5.41, 5.74) is 11.5. The lowest BCUT2D eigenvalue weighted by molar-refractivity contribution is -0.384.